The highest BCUT2D eigenvalue weighted by molar-refractivity contribution is 5.65. The lowest BCUT2D eigenvalue weighted by atomic mass is 10.2. The Morgan fingerprint density at radius 1 is 1.29 bits per heavy atom. The first-order valence-electron chi connectivity index (χ1n) is 5.30. The number of hydrogen-bond acceptors (Lipinski definition) is 3. The van der Waals surface area contributed by atoms with Gasteiger partial charge in [-0.25, -0.2) is 0 Å². The summed E-state index contributed by atoms with van der Waals surface area (Å²) in [4.78, 5) is 10.5. The molecular formula is C12H18ClNO3. The number of benzene rings is 1. The van der Waals surface area contributed by atoms with E-state index >= 15 is 0 Å². The van der Waals surface area contributed by atoms with Crippen LogP contribution in [0, 0.1) is 0 Å². The molecule has 0 aliphatic heterocycles. The average molecular weight is 260 g/mol. The molecule has 0 atom stereocenters. The molecule has 0 saturated heterocycles. The monoisotopic (exact) mass is 259 g/mol. The molecule has 0 aliphatic carbocycles. The predicted molar refractivity (Wildman–Crippen MR) is 60.1 cm³/mol. The van der Waals surface area contributed by atoms with Crippen LogP contribution in [0.15, 0.2) is 24.3 Å². The lowest BCUT2D eigenvalue weighted by Gasteiger charge is -2.03. The minimum Gasteiger partial charge on any atom is -1.00 e. The van der Waals surface area contributed by atoms with E-state index in [-0.39, 0.29) is 18.4 Å². The normalized spacial score (nSPS) is 9.29. The molecule has 0 saturated carbocycles. The van der Waals surface area contributed by atoms with Crippen molar-refractivity contribution in [2.24, 2.45) is 0 Å². The Labute approximate surface area is 108 Å². The molecule has 0 amide bonds. The fraction of sp³-hybridized carbons (Fsp3) is 0.417. The molecule has 1 rings (SSSR count). The summed E-state index contributed by atoms with van der Waals surface area (Å²) in [6.45, 7) is 3.55. The van der Waals surface area contributed by atoms with Gasteiger partial charge in [-0.2, -0.15) is 0 Å². The van der Waals surface area contributed by atoms with Crippen molar-refractivity contribution < 1.29 is 32.0 Å². The molecule has 5 heteroatoms. The molecule has 0 fully saturated rings. The van der Waals surface area contributed by atoms with E-state index in [1.807, 2.05) is 24.3 Å². The first-order chi connectivity index (χ1) is 7.72. The van der Waals surface area contributed by atoms with Crippen LogP contribution in [-0.4, -0.2) is 26.2 Å². The van der Waals surface area contributed by atoms with Gasteiger partial charge >= 0.3 is 5.97 Å². The molecule has 1 aromatic rings. The van der Waals surface area contributed by atoms with Crippen LogP contribution in [0.25, 0.3) is 0 Å². The average Bonchev–Trinajstić information content (AvgIpc) is 2.29. The van der Waals surface area contributed by atoms with E-state index in [0.717, 1.165) is 18.8 Å². The van der Waals surface area contributed by atoms with Crippen molar-refractivity contribution in [2.75, 3.05) is 20.3 Å². The largest absolute Gasteiger partial charge is 1.00 e. The maximum atomic E-state index is 10.5. The minimum absolute atomic E-state index is 0. The molecule has 4 nitrogen and oxygen atoms in total. The number of halogens is 1. The number of esters is 1. The third-order valence-electron chi connectivity index (χ3n) is 2.17. The summed E-state index contributed by atoms with van der Waals surface area (Å²) < 4.78 is 9.90. The van der Waals surface area contributed by atoms with E-state index in [4.69, 9.17) is 9.47 Å². The zero-order chi connectivity index (χ0) is 11.8. The van der Waals surface area contributed by atoms with Gasteiger partial charge in [0.15, 0.2) is 0 Å². The standard InChI is InChI=1S/C12H17NO3.ClH/c1-10(14)16-8-7-13-9-11-3-5-12(15-2)6-4-11;/h3-6,13H,7-9H2,1-2H3;1H. The molecule has 0 radical (unpaired) electrons. The summed E-state index contributed by atoms with van der Waals surface area (Å²) >= 11 is 0. The topological polar surface area (TPSA) is 52.1 Å². The first kappa shape index (κ1) is 15.7. The molecule has 0 bridgehead atoms. The van der Waals surface area contributed by atoms with E-state index < -0.39 is 0 Å². The van der Waals surface area contributed by atoms with E-state index in [9.17, 15) is 4.79 Å². The minimum atomic E-state index is -0.224. The number of nitrogens with two attached hydrogens (primary N) is 1. The van der Waals surface area contributed by atoms with Crippen molar-refractivity contribution in [3.63, 3.8) is 0 Å². The smallest absolute Gasteiger partial charge is 0.302 e. The SMILES string of the molecule is COc1ccc(C[NH2+]CCOC(C)=O)cc1.[Cl-]. The maximum absolute atomic E-state index is 10.5. The van der Waals surface area contributed by atoms with Gasteiger partial charge in [0.25, 0.3) is 0 Å². The molecule has 2 N–H and O–H groups in total. The second kappa shape index (κ2) is 8.84. The number of rotatable bonds is 6. The Morgan fingerprint density at radius 3 is 2.47 bits per heavy atom. The summed E-state index contributed by atoms with van der Waals surface area (Å²) in [5, 5.41) is 2.10. The number of carbonyl (C=O) groups excluding carboxylic acids is 1. The number of carbonyl (C=O) groups is 1. The van der Waals surface area contributed by atoms with Crippen LogP contribution in [0.1, 0.15) is 12.5 Å². The Hall–Kier alpha value is -1.26. The number of ether oxygens (including phenoxy) is 2. The summed E-state index contributed by atoms with van der Waals surface area (Å²) in [6, 6.07) is 7.94. The van der Waals surface area contributed by atoms with E-state index in [2.05, 4.69) is 5.32 Å². The van der Waals surface area contributed by atoms with E-state index in [1.54, 1.807) is 7.11 Å². The Morgan fingerprint density at radius 2 is 1.94 bits per heavy atom. The van der Waals surface area contributed by atoms with E-state index in [1.165, 1.54) is 12.5 Å². The van der Waals surface area contributed by atoms with Gasteiger partial charge in [-0.3, -0.25) is 4.79 Å². The second-order valence-electron chi connectivity index (χ2n) is 3.47. The van der Waals surface area contributed by atoms with Gasteiger partial charge in [0.1, 0.15) is 25.4 Å². The molecule has 1 aromatic carbocycles. The summed E-state index contributed by atoms with van der Waals surface area (Å²) in [6.07, 6.45) is 0. The highest BCUT2D eigenvalue weighted by atomic mass is 35.5. The summed E-state index contributed by atoms with van der Waals surface area (Å²) in [5.74, 6) is 0.640. The van der Waals surface area contributed by atoms with Crippen molar-refractivity contribution in [3.05, 3.63) is 29.8 Å². The Bertz CT molecular complexity index is 327. The quantitative estimate of drug-likeness (QED) is 0.448. The molecule has 96 valence electrons. The fourth-order valence-corrected chi connectivity index (χ4v) is 1.32. The van der Waals surface area contributed by atoms with Gasteiger partial charge in [0, 0.05) is 12.5 Å². The van der Waals surface area contributed by atoms with Crippen molar-refractivity contribution in [1.82, 2.24) is 0 Å². The fourth-order valence-electron chi connectivity index (χ4n) is 1.32. The van der Waals surface area contributed by atoms with Gasteiger partial charge in [-0.15, -0.1) is 0 Å². The maximum Gasteiger partial charge on any atom is 0.302 e. The molecule has 0 aromatic heterocycles. The van der Waals surface area contributed by atoms with Crippen molar-refractivity contribution in [2.45, 2.75) is 13.5 Å². The first-order valence-corrected chi connectivity index (χ1v) is 5.30. The highest BCUT2D eigenvalue weighted by Gasteiger charge is 1.97. The lowest BCUT2D eigenvalue weighted by Crippen LogP contribution is -3.00. The van der Waals surface area contributed by atoms with Crippen LogP contribution in [0.5, 0.6) is 5.75 Å². The molecule has 0 aliphatic rings. The second-order valence-corrected chi connectivity index (χ2v) is 3.47. The van der Waals surface area contributed by atoms with Crippen molar-refractivity contribution in [3.8, 4) is 5.75 Å². The van der Waals surface area contributed by atoms with Gasteiger partial charge in [-0.1, -0.05) is 0 Å². The Kier molecular flexibility index (Phi) is 8.19. The third kappa shape index (κ3) is 6.81. The molecule has 17 heavy (non-hydrogen) atoms. The zero-order valence-corrected chi connectivity index (χ0v) is 10.9. The van der Waals surface area contributed by atoms with Crippen LogP contribution in [0.3, 0.4) is 0 Å². The Balaban J connectivity index is 0.00000256. The van der Waals surface area contributed by atoms with Crippen LogP contribution >= 0.6 is 0 Å². The molecular weight excluding hydrogens is 242 g/mol. The highest BCUT2D eigenvalue weighted by Crippen LogP contribution is 2.09. The van der Waals surface area contributed by atoms with E-state index in [0.29, 0.717) is 6.61 Å². The van der Waals surface area contributed by atoms with Gasteiger partial charge in [0.05, 0.1) is 7.11 Å². The number of methoxy groups -OCH3 is 1. The zero-order valence-electron chi connectivity index (χ0n) is 10.1. The lowest BCUT2D eigenvalue weighted by molar-refractivity contribution is -0.671. The third-order valence-corrected chi connectivity index (χ3v) is 2.17. The predicted octanol–water partition coefficient (Wildman–Crippen LogP) is -2.67. The van der Waals surface area contributed by atoms with Crippen LogP contribution in [-0.2, 0) is 16.1 Å². The summed E-state index contributed by atoms with van der Waals surface area (Å²) in [5.41, 5.74) is 1.23. The van der Waals surface area contributed by atoms with Crippen molar-refractivity contribution in [1.29, 1.82) is 0 Å². The number of hydrogen-bond donors (Lipinski definition) is 1. The van der Waals surface area contributed by atoms with Crippen LogP contribution in [0.4, 0.5) is 0 Å². The van der Waals surface area contributed by atoms with Crippen LogP contribution in [0.2, 0.25) is 0 Å². The molecule has 0 unspecified atom stereocenters. The number of quaternary nitrogens is 1. The molecule has 0 heterocycles. The molecule has 0 spiro atoms. The summed E-state index contributed by atoms with van der Waals surface area (Å²) in [7, 11) is 1.65. The van der Waals surface area contributed by atoms with Gasteiger partial charge in [-0.05, 0) is 24.3 Å². The van der Waals surface area contributed by atoms with Gasteiger partial charge in [0.2, 0.25) is 0 Å². The van der Waals surface area contributed by atoms with Crippen LogP contribution < -0.4 is 22.5 Å². The van der Waals surface area contributed by atoms with Gasteiger partial charge < -0.3 is 27.2 Å². The van der Waals surface area contributed by atoms with Crippen molar-refractivity contribution >= 4 is 5.97 Å².